The highest BCUT2D eigenvalue weighted by Gasteiger charge is 2.17. The van der Waals surface area contributed by atoms with Gasteiger partial charge in [-0.2, -0.15) is 0 Å². The fourth-order valence-electron chi connectivity index (χ4n) is 3.75. The normalized spacial score (nSPS) is 21.5. The smallest absolute Gasteiger partial charge is 0.154 e. The van der Waals surface area contributed by atoms with E-state index in [1.54, 1.807) is 12.4 Å². The number of hydrogen-bond donors (Lipinski definition) is 2. The van der Waals surface area contributed by atoms with Crippen LogP contribution in [0.5, 0.6) is 0 Å². The van der Waals surface area contributed by atoms with Crippen molar-refractivity contribution < 1.29 is 9.94 Å². The maximum atomic E-state index is 10.2. The maximum Gasteiger partial charge on any atom is 0.154 e. The van der Waals surface area contributed by atoms with Crippen LogP contribution in [0, 0.1) is 0 Å². The van der Waals surface area contributed by atoms with E-state index in [0.717, 1.165) is 37.3 Å². The zero-order valence-electron chi connectivity index (χ0n) is 15.6. The van der Waals surface area contributed by atoms with Crippen LogP contribution in [-0.4, -0.2) is 59.2 Å². The molecular weight excluding hydrogens is 328 g/mol. The highest BCUT2D eigenvalue weighted by molar-refractivity contribution is 5.97. The molecular formula is C20H32N4O2. The van der Waals surface area contributed by atoms with Gasteiger partial charge in [-0.25, -0.2) is 5.48 Å². The molecule has 0 radical (unpaired) electrons. The first-order chi connectivity index (χ1) is 12.8. The lowest BCUT2D eigenvalue weighted by atomic mass is 9.96. The molecule has 1 saturated carbocycles. The number of amidine groups is 1. The molecule has 1 atom stereocenters. The third-order valence-electron chi connectivity index (χ3n) is 5.18. The number of β-amino-alcohol motifs (C(OH)–C–C–N with tert-alkyl or cyclic N) is 1. The van der Waals surface area contributed by atoms with Crippen LogP contribution >= 0.6 is 0 Å². The van der Waals surface area contributed by atoms with E-state index < -0.39 is 6.10 Å². The number of nitrogens with zero attached hydrogens (tertiary/aromatic N) is 3. The molecule has 2 aliphatic rings. The van der Waals surface area contributed by atoms with Gasteiger partial charge in [-0.15, -0.1) is 0 Å². The minimum atomic E-state index is -0.495. The van der Waals surface area contributed by atoms with Gasteiger partial charge in [-0.1, -0.05) is 25.7 Å². The Hall–Kier alpha value is -1.50. The van der Waals surface area contributed by atoms with E-state index in [1.807, 2.05) is 12.1 Å². The molecule has 2 fully saturated rings. The lowest BCUT2D eigenvalue weighted by molar-refractivity contribution is -0.00946. The maximum absolute atomic E-state index is 10.2. The van der Waals surface area contributed by atoms with Crippen molar-refractivity contribution in [3.63, 3.8) is 0 Å². The Morgan fingerprint density at radius 2 is 2.00 bits per heavy atom. The summed E-state index contributed by atoms with van der Waals surface area (Å²) in [5.41, 5.74) is 3.90. The number of piperidine rings is 1. The van der Waals surface area contributed by atoms with Crippen molar-refractivity contribution in [2.75, 3.05) is 26.2 Å². The van der Waals surface area contributed by atoms with Crippen molar-refractivity contribution in [2.24, 2.45) is 4.99 Å². The van der Waals surface area contributed by atoms with Crippen LogP contribution in [0.25, 0.3) is 0 Å². The van der Waals surface area contributed by atoms with Gasteiger partial charge < -0.3 is 10.0 Å². The fraction of sp³-hybridized carbons (Fsp3) is 0.700. The van der Waals surface area contributed by atoms with Crippen molar-refractivity contribution in [3.05, 3.63) is 30.1 Å². The zero-order chi connectivity index (χ0) is 18.0. The van der Waals surface area contributed by atoms with Gasteiger partial charge in [0.15, 0.2) is 5.84 Å². The van der Waals surface area contributed by atoms with Gasteiger partial charge in [0.1, 0.15) is 6.61 Å². The number of hydroxylamine groups is 1. The number of aliphatic imine (C=N–C) groups is 1. The predicted octanol–water partition coefficient (Wildman–Crippen LogP) is 2.53. The number of rotatable bonds is 7. The van der Waals surface area contributed by atoms with Crippen LogP contribution in [0.4, 0.5) is 0 Å². The average molecular weight is 361 g/mol. The second-order valence-electron chi connectivity index (χ2n) is 7.44. The molecule has 2 heterocycles. The van der Waals surface area contributed by atoms with E-state index in [1.165, 1.54) is 38.5 Å². The first-order valence-corrected chi connectivity index (χ1v) is 10.1. The van der Waals surface area contributed by atoms with E-state index in [0.29, 0.717) is 12.6 Å². The third-order valence-corrected chi connectivity index (χ3v) is 5.18. The van der Waals surface area contributed by atoms with E-state index in [9.17, 15) is 5.11 Å². The Morgan fingerprint density at radius 1 is 1.23 bits per heavy atom. The number of aromatic nitrogens is 1. The quantitative estimate of drug-likeness (QED) is 0.444. The molecule has 6 nitrogen and oxygen atoms in total. The first-order valence-electron chi connectivity index (χ1n) is 10.1. The minimum Gasteiger partial charge on any atom is -0.389 e. The lowest BCUT2D eigenvalue weighted by Gasteiger charge is -2.28. The van der Waals surface area contributed by atoms with Crippen molar-refractivity contribution in [2.45, 2.75) is 63.5 Å². The molecule has 1 saturated heterocycles. The first kappa shape index (κ1) is 19.3. The number of likely N-dealkylation sites (tertiary alicyclic amines) is 1. The molecule has 3 rings (SSSR count). The number of nitrogens with one attached hydrogen (secondary N) is 1. The summed E-state index contributed by atoms with van der Waals surface area (Å²) in [6.45, 7) is 3.08. The van der Waals surface area contributed by atoms with Gasteiger partial charge in [-0.05, 0) is 50.9 Å². The SMILES string of the molecule is OC(CONC(=NC1CCCCC1)c1cccnc1)CN1CCCCC1. The van der Waals surface area contributed by atoms with Crippen LogP contribution in [0.3, 0.4) is 0 Å². The van der Waals surface area contributed by atoms with E-state index in [2.05, 4.69) is 15.4 Å². The van der Waals surface area contributed by atoms with Crippen molar-refractivity contribution >= 4 is 5.84 Å². The van der Waals surface area contributed by atoms with Gasteiger partial charge in [-0.3, -0.25) is 14.8 Å². The van der Waals surface area contributed by atoms with Crippen LogP contribution in [0.2, 0.25) is 0 Å². The van der Waals surface area contributed by atoms with Gasteiger partial charge in [0.2, 0.25) is 0 Å². The topological polar surface area (TPSA) is 70.0 Å². The molecule has 0 amide bonds. The summed E-state index contributed by atoms with van der Waals surface area (Å²) in [7, 11) is 0. The Morgan fingerprint density at radius 3 is 2.73 bits per heavy atom. The number of aliphatic hydroxyl groups is 1. The molecule has 144 valence electrons. The molecule has 1 aliphatic carbocycles. The Balaban J connectivity index is 1.51. The second kappa shape index (κ2) is 10.6. The summed E-state index contributed by atoms with van der Waals surface area (Å²) >= 11 is 0. The predicted molar refractivity (Wildman–Crippen MR) is 103 cm³/mol. The van der Waals surface area contributed by atoms with Gasteiger partial charge >= 0.3 is 0 Å². The Labute approximate surface area is 156 Å². The molecule has 1 unspecified atom stereocenters. The number of hydrogen-bond acceptors (Lipinski definition) is 5. The fourth-order valence-corrected chi connectivity index (χ4v) is 3.75. The monoisotopic (exact) mass is 360 g/mol. The summed E-state index contributed by atoms with van der Waals surface area (Å²) in [5, 5.41) is 10.2. The van der Waals surface area contributed by atoms with E-state index in [4.69, 9.17) is 9.83 Å². The molecule has 2 N–H and O–H groups in total. The van der Waals surface area contributed by atoms with Gasteiger partial charge in [0.05, 0.1) is 12.1 Å². The largest absolute Gasteiger partial charge is 0.389 e. The van der Waals surface area contributed by atoms with E-state index >= 15 is 0 Å². The van der Waals surface area contributed by atoms with Crippen LogP contribution in [0.15, 0.2) is 29.5 Å². The zero-order valence-corrected chi connectivity index (χ0v) is 15.6. The van der Waals surface area contributed by atoms with Gasteiger partial charge in [0, 0.05) is 24.5 Å². The minimum absolute atomic E-state index is 0.250. The molecule has 26 heavy (non-hydrogen) atoms. The molecule has 1 aromatic heterocycles. The highest BCUT2D eigenvalue weighted by atomic mass is 16.6. The van der Waals surface area contributed by atoms with Gasteiger partial charge in [0.25, 0.3) is 0 Å². The standard InChI is InChI=1S/C20H32N4O2/c25-19(15-24-12-5-2-6-13-24)16-26-23-20(17-8-7-11-21-14-17)22-18-9-3-1-4-10-18/h7-8,11,14,18-19,25H,1-6,9-10,12-13,15-16H2,(H,22,23). The van der Waals surface area contributed by atoms with Crippen LogP contribution < -0.4 is 5.48 Å². The summed E-state index contributed by atoms with van der Waals surface area (Å²) in [6.07, 6.45) is 12.9. The lowest BCUT2D eigenvalue weighted by Crippen LogP contribution is -2.39. The molecule has 0 bridgehead atoms. The van der Waals surface area contributed by atoms with Crippen LogP contribution in [-0.2, 0) is 4.84 Å². The number of pyridine rings is 1. The Kier molecular flexibility index (Phi) is 7.86. The molecule has 6 heteroatoms. The number of aliphatic hydroxyl groups excluding tert-OH is 1. The molecule has 1 aromatic rings. The summed E-state index contributed by atoms with van der Waals surface area (Å²) in [6, 6.07) is 4.22. The second-order valence-corrected chi connectivity index (χ2v) is 7.44. The van der Waals surface area contributed by atoms with Crippen LogP contribution in [0.1, 0.15) is 56.9 Å². The van der Waals surface area contributed by atoms with E-state index in [-0.39, 0.29) is 6.61 Å². The molecule has 0 spiro atoms. The molecule has 0 aromatic carbocycles. The third kappa shape index (κ3) is 6.34. The van der Waals surface area contributed by atoms with Crippen molar-refractivity contribution in [1.29, 1.82) is 0 Å². The van der Waals surface area contributed by atoms with Crippen molar-refractivity contribution in [3.8, 4) is 0 Å². The highest BCUT2D eigenvalue weighted by Crippen LogP contribution is 2.20. The average Bonchev–Trinajstić information content (AvgIpc) is 2.69. The summed E-state index contributed by atoms with van der Waals surface area (Å²) < 4.78 is 0. The summed E-state index contributed by atoms with van der Waals surface area (Å²) in [4.78, 5) is 17.0. The summed E-state index contributed by atoms with van der Waals surface area (Å²) in [5.74, 6) is 0.718. The molecule has 1 aliphatic heterocycles. The Bertz CT molecular complexity index is 540. The van der Waals surface area contributed by atoms with Crippen molar-refractivity contribution in [1.82, 2.24) is 15.4 Å².